The normalized spacial score (nSPS) is 15.7. The Bertz CT molecular complexity index is 650. The number of carbonyl (C=O) groups is 1. The van der Waals surface area contributed by atoms with Gasteiger partial charge in [-0.2, -0.15) is 0 Å². The number of carbonyl (C=O) groups excluding carboxylic acids is 1. The van der Waals surface area contributed by atoms with Crippen LogP contribution in [0, 0.1) is 5.82 Å². The Morgan fingerprint density at radius 3 is 3.00 bits per heavy atom. The molecule has 0 unspecified atom stereocenters. The quantitative estimate of drug-likeness (QED) is 0.909. The van der Waals surface area contributed by atoms with Crippen LogP contribution in [-0.4, -0.2) is 24.0 Å². The van der Waals surface area contributed by atoms with Crippen molar-refractivity contribution in [1.29, 1.82) is 0 Å². The van der Waals surface area contributed by atoms with Gasteiger partial charge in [-0.25, -0.2) is 9.37 Å². The Balaban J connectivity index is 1.59. The van der Waals surface area contributed by atoms with Crippen LogP contribution in [0.5, 0.6) is 0 Å². The number of nitrogens with one attached hydrogen (secondary N) is 2. The van der Waals surface area contributed by atoms with Crippen molar-refractivity contribution in [3.63, 3.8) is 0 Å². The molecule has 0 atom stereocenters. The molecule has 6 heteroatoms. The third kappa shape index (κ3) is 3.51. The molecule has 3 rings (SSSR count). The van der Waals surface area contributed by atoms with Gasteiger partial charge in [-0.15, -0.1) is 0 Å². The fourth-order valence-electron chi connectivity index (χ4n) is 2.57. The zero-order chi connectivity index (χ0) is 15.4. The molecule has 1 fully saturated rings. The topological polar surface area (TPSA) is 67.2 Å². The molecular weight excluding hydrogens is 285 g/mol. The van der Waals surface area contributed by atoms with Gasteiger partial charge in [-0.3, -0.25) is 4.79 Å². The van der Waals surface area contributed by atoms with E-state index in [0.717, 1.165) is 25.9 Å². The summed E-state index contributed by atoms with van der Waals surface area (Å²) in [5.41, 5.74) is 0.973. The van der Waals surface area contributed by atoms with Gasteiger partial charge in [0.2, 0.25) is 0 Å². The van der Waals surface area contributed by atoms with Crippen LogP contribution < -0.4 is 10.6 Å². The van der Waals surface area contributed by atoms with Gasteiger partial charge in [0.25, 0.3) is 5.91 Å². The summed E-state index contributed by atoms with van der Waals surface area (Å²) in [6, 6.07) is 6.13. The molecule has 5 nitrogen and oxygen atoms in total. The van der Waals surface area contributed by atoms with E-state index in [0.29, 0.717) is 11.5 Å². The molecule has 0 bridgehead atoms. The Hall–Kier alpha value is -2.21. The second-order valence-electron chi connectivity index (χ2n) is 5.41. The van der Waals surface area contributed by atoms with E-state index in [1.807, 2.05) is 0 Å². The maximum Gasteiger partial charge on any atom is 0.273 e. The van der Waals surface area contributed by atoms with Crippen molar-refractivity contribution in [3.05, 3.63) is 53.5 Å². The van der Waals surface area contributed by atoms with Gasteiger partial charge < -0.3 is 15.1 Å². The minimum atomic E-state index is -0.318. The van der Waals surface area contributed by atoms with Crippen LogP contribution in [0.1, 0.15) is 40.7 Å². The van der Waals surface area contributed by atoms with E-state index in [-0.39, 0.29) is 29.9 Å². The first-order chi connectivity index (χ1) is 10.7. The van der Waals surface area contributed by atoms with Gasteiger partial charge in [-0.1, -0.05) is 12.1 Å². The lowest BCUT2D eigenvalue weighted by Crippen LogP contribution is -2.27. The van der Waals surface area contributed by atoms with Crippen LogP contribution in [0.2, 0.25) is 0 Å². The second-order valence-corrected chi connectivity index (χ2v) is 5.41. The van der Waals surface area contributed by atoms with E-state index in [1.165, 1.54) is 18.4 Å². The molecule has 2 aromatic rings. The fourth-order valence-corrected chi connectivity index (χ4v) is 2.57. The molecule has 0 spiro atoms. The van der Waals surface area contributed by atoms with Gasteiger partial charge in [0.05, 0.1) is 0 Å². The molecule has 1 aromatic carbocycles. The van der Waals surface area contributed by atoms with Crippen LogP contribution in [-0.2, 0) is 6.54 Å². The number of hydrogen-bond acceptors (Lipinski definition) is 4. The predicted octanol–water partition coefficient (Wildman–Crippen LogP) is 2.21. The predicted molar refractivity (Wildman–Crippen MR) is 78.9 cm³/mol. The molecule has 1 amide bonds. The molecule has 1 aromatic heterocycles. The molecule has 2 N–H and O–H groups in total. The largest absolute Gasteiger partial charge is 0.448 e. The molecule has 22 heavy (non-hydrogen) atoms. The maximum atomic E-state index is 13.1. The smallest absolute Gasteiger partial charge is 0.273 e. The average molecular weight is 303 g/mol. The SMILES string of the molecule is O=C(NCc1cccc(F)c1)c1coc(C2CCNCC2)n1. The van der Waals surface area contributed by atoms with Crippen LogP contribution >= 0.6 is 0 Å². The highest BCUT2D eigenvalue weighted by atomic mass is 19.1. The van der Waals surface area contributed by atoms with E-state index in [1.54, 1.807) is 12.1 Å². The maximum absolute atomic E-state index is 13.1. The van der Waals surface area contributed by atoms with Crippen LogP contribution in [0.4, 0.5) is 4.39 Å². The molecule has 1 aliphatic rings. The number of piperidine rings is 1. The fraction of sp³-hybridized carbons (Fsp3) is 0.375. The average Bonchev–Trinajstić information content (AvgIpc) is 3.04. The molecule has 116 valence electrons. The van der Waals surface area contributed by atoms with Gasteiger partial charge in [-0.05, 0) is 43.6 Å². The van der Waals surface area contributed by atoms with Crippen molar-refractivity contribution in [2.45, 2.75) is 25.3 Å². The summed E-state index contributed by atoms with van der Waals surface area (Å²) in [7, 11) is 0. The Labute approximate surface area is 127 Å². The summed E-state index contributed by atoms with van der Waals surface area (Å²) in [4.78, 5) is 16.3. The lowest BCUT2D eigenvalue weighted by molar-refractivity contribution is 0.0945. The monoisotopic (exact) mass is 303 g/mol. The number of aromatic nitrogens is 1. The van der Waals surface area contributed by atoms with Crippen LogP contribution in [0.3, 0.4) is 0 Å². The van der Waals surface area contributed by atoms with E-state index >= 15 is 0 Å². The van der Waals surface area contributed by atoms with E-state index < -0.39 is 0 Å². The number of benzene rings is 1. The van der Waals surface area contributed by atoms with Crippen molar-refractivity contribution in [2.75, 3.05) is 13.1 Å². The zero-order valence-corrected chi connectivity index (χ0v) is 12.1. The van der Waals surface area contributed by atoms with Crippen molar-refractivity contribution in [3.8, 4) is 0 Å². The lowest BCUT2D eigenvalue weighted by atomic mass is 9.98. The summed E-state index contributed by atoms with van der Waals surface area (Å²) >= 11 is 0. The lowest BCUT2D eigenvalue weighted by Gasteiger charge is -2.19. The minimum absolute atomic E-state index is 0.256. The number of hydrogen-bond donors (Lipinski definition) is 2. The van der Waals surface area contributed by atoms with Crippen LogP contribution in [0.25, 0.3) is 0 Å². The molecule has 1 saturated heterocycles. The first kappa shape index (κ1) is 14.7. The Kier molecular flexibility index (Phi) is 4.48. The highest BCUT2D eigenvalue weighted by Gasteiger charge is 2.21. The van der Waals surface area contributed by atoms with Gasteiger partial charge in [0, 0.05) is 12.5 Å². The Morgan fingerprint density at radius 1 is 1.41 bits per heavy atom. The molecule has 2 heterocycles. The first-order valence-corrected chi connectivity index (χ1v) is 7.41. The van der Waals surface area contributed by atoms with Crippen molar-refractivity contribution in [1.82, 2.24) is 15.6 Å². The third-order valence-electron chi connectivity index (χ3n) is 3.79. The van der Waals surface area contributed by atoms with E-state index in [9.17, 15) is 9.18 Å². The first-order valence-electron chi connectivity index (χ1n) is 7.41. The second kappa shape index (κ2) is 6.70. The number of nitrogens with zero attached hydrogens (tertiary/aromatic N) is 1. The summed E-state index contributed by atoms with van der Waals surface area (Å²) < 4.78 is 18.5. The Morgan fingerprint density at radius 2 is 2.23 bits per heavy atom. The van der Waals surface area contributed by atoms with Crippen LogP contribution in [0.15, 0.2) is 34.9 Å². The summed E-state index contributed by atoms with van der Waals surface area (Å²) in [6.07, 6.45) is 3.31. The third-order valence-corrected chi connectivity index (χ3v) is 3.79. The molecule has 0 aliphatic carbocycles. The molecular formula is C16H18FN3O2. The van der Waals surface area contributed by atoms with Gasteiger partial charge in [0.15, 0.2) is 11.6 Å². The zero-order valence-electron chi connectivity index (χ0n) is 12.1. The van der Waals surface area contributed by atoms with E-state index in [4.69, 9.17) is 4.42 Å². The standard InChI is InChI=1S/C16H18FN3O2/c17-13-3-1-2-11(8-13)9-19-15(21)14-10-22-16(20-14)12-4-6-18-7-5-12/h1-3,8,10,12,18H,4-7,9H2,(H,19,21). The number of oxazole rings is 1. The van der Waals surface area contributed by atoms with Crippen molar-refractivity contribution >= 4 is 5.91 Å². The molecule has 0 radical (unpaired) electrons. The number of halogens is 1. The highest BCUT2D eigenvalue weighted by molar-refractivity contribution is 5.91. The number of rotatable bonds is 4. The molecule has 1 aliphatic heterocycles. The number of amides is 1. The van der Waals surface area contributed by atoms with Gasteiger partial charge in [0.1, 0.15) is 12.1 Å². The van der Waals surface area contributed by atoms with Crippen molar-refractivity contribution < 1.29 is 13.6 Å². The highest BCUT2D eigenvalue weighted by Crippen LogP contribution is 2.24. The summed E-state index contributed by atoms with van der Waals surface area (Å²) in [6.45, 7) is 2.13. The summed E-state index contributed by atoms with van der Waals surface area (Å²) in [5.74, 6) is 0.262. The minimum Gasteiger partial charge on any atom is -0.448 e. The van der Waals surface area contributed by atoms with E-state index in [2.05, 4.69) is 15.6 Å². The molecule has 0 saturated carbocycles. The summed E-state index contributed by atoms with van der Waals surface area (Å²) in [5, 5.41) is 6.00. The van der Waals surface area contributed by atoms with Crippen molar-refractivity contribution in [2.24, 2.45) is 0 Å². The van der Waals surface area contributed by atoms with Gasteiger partial charge >= 0.3 is 0 Å².